The minimum Gasteiger partial charge on any atom is -0.326 e. The van der Waals surface area contributed by atoms with E-state index >= 15 is 0 Å². The van der Waals surface area contributed by atoms with Crippen LogP contribution in [0.2, 0.25) is 0 Å². The van der Waals surface area contributed by atoms with E-state index in [0.29, 0.717) is 17.1 Å². The molecule has 0 saturated carbocycles. The molecule has 0 fully saturated rings. The maximum Gasteiger partial charge on any atom is 0.224 e. The number of benzene rings is 1. The number of amides is 2. The van der Waals surface area contributed by atoms with E-state index in [2.05, 4.69) is 5.32 Å². The predicted molar refractivity (Wildman–Crippen MR) is 114 cm³/mol. The molecular formula is C22H24N2O4S. The first-order valence-electron chi connectivity index (χ1n) is 9.65. The van der Waals surface area contributed by atoms with Crippen LogP contribution < -0.4 is 10.2 Å². The Hall–Kier alpha value is -2.80. The van der Waals surface area contributed by atoms with E-state index in [0.717, 1.165) is 22.5 Å². The van der Waals surface area contributed by atoms with Gasteiger partial charge in [0, 0.05) is 55.4 Å². The first kappa shape index (κ1) is 20.9. The number of rotatable bonds is 8. The zero-order valence-electron chi connectivity index (χ0n) is 16.6. The van der Waals surface area contributed by atoms with Crippen LogP contribution in [0.1, 0.15) is 52.7 Å². The van der Waals surface area contributed by atoms with Crippen LogP contribution in [0, 0.1) is 6.92 Å². The minimum atomic E-state index is -0.236. The summed E-state index contributed by atoms with van der Waals surface area (Å²) in [6, 6.07) is 9.15. The molecule has 1 aromatic carbocycles. The molecule has 0 atom stereocenters. The molecule has 1 aliphatic rings. The first-order chi connectivity index (χ1) is 13.8. The number of nitrogens with zero attached hydrogens (tertiary/aromatic N) is 1. The summed E-state index contributed by atoms with van der Waals surface area (Å²) in [5, 5.41) is 2.80. The fourth-order valence-corrected chi connectivity index (χ4v) is 4.20. The Morgan fingerprint density at radius 1 is 1.03 bits per heavy atom. The van der Waals surface area contributed by atoms with Gasteiger partial charge in [-0.15, -0.1) is 11.3 Å². The van der Waals surface area contributed by atoms with Crippen molar-refractivity contribution in [3.63, 3.8) is 0 Å². The maximum atomic E-state index is 12.2. The molecule has 152 valence electrons. The van der Waals surface area contributed by atoms with Gasteiger partial charge in [-0.2, -0.15) is 0 Å². The van der Waals surface area contributed by atoms with Crippen LogP contribution in [0.15, 0.2) is 30.3 Å². The van der Waals surface area contributed by atoms with Crippen molar-refractivity contribution in [2.24, 2.45) is 0 Å². The highest BCUT2D eigenvalue weighted by atomic mass is 32.1. The number of thiophene rings is 1. The monoisotopic (exact) mass is 412 g/mol. The summed E-state index contributed by atoms with van der Waals surface area (Å²) in [6.07, 6.45) is 1.29. The van der Waals surface area contributed by atoms with Gasteiger partial charge in [-0.3, -0.25) is 19.2 Å². The van der Waals surface area contributed by atoms with Gasteiger partial charge in [-0.25, -0.2) is 0 Å². The molecule has 2 amide bonds. The van der Waals surface area contributed by atoms with Crippen LogP contribution in [-0.4, -0.2) is 29.9 Å². The molecular weight excluding hydrogens is 388 g/mol. The Bertz CT molecular complexity index is 963. The van der Waals surface area contributed by atoms with Crippen molar-refractivity contribution in [2.75, 3.05) is 16.8 Å². The van der Waals surface area contributed by atoms with Crippen molar-refractivity contribution in [1.29, 1.82) is 0 Å². The minimum absolute atomic E-state index is 0.00624. The van der Waals surface area contributed by atoms with Gasteiger partial charge in [0.2, 0.25) is 11.8 Å². The third kappa shape index (κ3) is 5.38. The van der Waals surface area contributed by atoms with Crippen molar-refractivity contribution in [3.05, 3.63) is 45.6 Å². The maximum absolute atomic E-state index is 12.2. The quantitative estimate of drug-likeness (QED) is 0.666. The molecule has 1 aliphatic heterocycles. The van der Waals surface area contributed by atoms with E-state index in [-0.39, 0.29) is 49.1 Å². The molecule has 0 unspecified atom stereocenters. The lowest BCUT2D eigenvalue weighted by molar-refractivity contribution is -0.122. The van der Waals surface area contributed by atoms with Gasteiger partial charge >= 0.3 is 0 Å². The lowest BCUT2D eigenvalue weighted by Gasteiger charge is -2.15. The lowest BCUT2D eigenvalue weighted by Crippen LogP contribution is -2.25. The molecule has 0 spiro atoms. The molecule has 0 aliphatic carbocycles. The highest BCUT2D eigenvalue weighted by Crippen LogP contribution is 2.30. The summed E-state index contributed by atoms with van der Waals surface area (Å²) >= 11 is 1.43. The number of aryl methyl sites for hydroxylation is 1. The van der Waals surface area contributed by atoms with Gasteiger partial charge < -0.3 is 10.2 Å². The van der Waals surface area contributed by atoms with Gasteiger partial charge in [-0.1, -0.05) is 0 Å². The third-order valence-corrected chi connectivity index (χ3v) is 5.96. The van der Waals surface area contributed by atoms with E-state index in [9.17, 15) is 19.2 Å². The van der Waals surface area contributed by atoms with Crippen molar-refractivity contribution < 1.29 is 19.2 Å². The smallest absolute Gasteiger partial charge is 0.224 e. The second-order valence-corrected chi connectivity index (χ2v) is 8.47. The van der Waals surface area contributed by atoms with Gasteiger partial charge in [0.15, 0.2) is 5.78 Å². The molecule has 3 rings (SSSR count). The fourth-order valence-electron chi connectivity index (χ4n) is 3.37. The highest BCUT2D eigenvalue weighted by molar-refractivity contribution is 7.14. The summed E-state index contributed by atoms with van der Waals surface area (Å²) in [6.45, 7) is 4.13. The first-order valence-corrected chi connectivity index (χ1v) is 10.5. The van der Waals surface area contributed by atoms with Gasteiger partial charge in [-0.05, 0) is 49.2 Å². The van der Waals surface area contributed by atoms with E-state index in [1.165, 1.54) is 18.3 Å². The van der Waals surface area contributed by atoms with Crippen molar-refractivity contribution in [3.8, 4) is 0 Å². The number of carbonyl (C=O) groups is 4. The summed E-state index contributed by atoms with van der Waals surface area (Å²) < 4.78 is 0. The zero-order chi connectivity index (χ0) is 21.0. The summed E-state index contributed by atoms with van der Waals surface area (Å²) in [4.78, 5) is 51.3. The number of fused-ring (bicyclic) bond motifs is 1. The van der Waals surface area contributed by atoms with Gasteiger partial charge in [0.25, 0.3) is 0 Å². The topological polar surface area (TPSA) is 83.6 Å². The number of anilines is 2. The molecule has 1 aromatic heterocycles. The molecule has 0 bridgehead atoms. The standard InChI is InChI=1S/C22H24N2O4S/c1-14-3-9-21(29-14)20(27)8-5-18(26)6-10-22(28)23-17-4-7-19-16(13-17)11-12-24(19)15(2)25/h3-4,7,9,13H,5-6,8,10-12H2,1-2H3,(H,23,28). The average molecular weight is 413 g/mol. The van der Waals surface area contributed by atoms with Gasteiger partial charge in [0.1, 0.15) is 5.78 Å². The van der Waals surface area contributed by atoms with E-state index in [4.69, 9.17) is 0 Å². The second-order valence-electron chi connectivity index (χ2n) is 7.18. The predicted octanol–water partition coefficient (Wildman–Crippen LogP) is 3.92. The van der Waals surface area contributed by atoms with Crippen LogP contribution in [0.4, 0.5) is 11.4 Å². The number of carbonyl (C=O) groups excluding carboxylic acids is 4. The SMILES string of the molecule is CC(=O)N1CCc2cc(NC(=O)CCC(=O)CCC(=O)c3ccc(C)s3)ccc21. The molecule has 29 heavy (non-hydrogen) atoms. The summed E-state index contributed by atoms with van der Waals surface area (Å²) in [5.41, 5.74) is 2.57. The Morgan fingerprint density at radius 2 is 1.79 bits per heavy atom. The Morgan fingerprint density at radius 3 is 2.48 bits per heavy atom. The Balaban J connectivity index is 1.43. The van der Waals surface area contributed by atoms with Crippen LogP contribution in [0.25, 0.3) is 0 Å². The second kappa shape index (κ2) is 9.13. The van der Waals surface area contributed by atoms with Crippen LogP contribution in [-0.2, 0) is 20.8 Å². The van der Waals surface area contributed by atoms with E-state index in [1.807, 2.05) is 25.1 Å². The molecule has 0 saturated heterocycles. The zero-order valence-corrected chi connectivity index (χ0v) is 17.4. The lowest BCUT2D eigenvalue weighted by atomic mass is 10.1. The number of Topliss-reactive ketones (excluding diaryl/α,β-unsaturated/α-hetero) is 2. The third-order valence-electron chi connectivity index (χ3n) is 4.92. The number of nitrogens with one attached hydrogen (secondary N) is 1. The molecule has 6 nitrogen and oxygen atoms in total. The molecule has 0 radical (unpaired) electrons. The van der Waals surface area contributed by atoms with Crippen molar-refractivity contribution in [1.82, 2.24) is 0 Å². The number of hydrogen-bond donors (Lipinski definition) is 1. The molecule has 2 heterocycles. The highest BCUT2D eigenvalue weighted by Gasteiger charge is 2.22. The van der Waals surface area contributed by atoms with Crippen LogP contribution >= 0.6 is 11.3 Å². The summed E-state index contributed by atoms with van der Waals surface area (Å²) in [7, 11) is 0. The molecule has 2 aromatic rings. The van der Waals surface area contributed by atoms with Crippen LogP contribution in [0.5, 0.6) is 0 Å². The molecule has 1 N–H and O–H groups in total. The number of hydrogen-bond acceptors (Lipinski definition) is 5. The van der Waals surface area contributed by atoms with E-state index < -0.39 is 0 Å². The fraction of sp³-hybridized carbons (Fsp3) is 0.364. The van der Waals surface area contributed by atoms with Crippen molar-refractivity contribution in [2.45, 2.75) is 46.0 Å². The summed E-state index contributed by atoms with van der Waals surface area (Å²) in [5.74, 6) is -0.349. The Labute approximate surface area is 173 Å². The van der Waals surface area contributed by atoms with Gasteiger partial charge in [0.05, 0.1) is 4.88 Å². The normalized spacial score (nSPS) is 12.6. The molecule has 7 heteroatoms. The average Bonchev–Trinajstić information content (AvgIpc) is 3.30. The van der Waals surface area contributed by atoms with E-state index in [1.54, 1.807) is 17.0 Å². The number of ketones is 2. The largest absolute Gasteiger partial charge is 0.326 e. The van der Waals surface area contributed by atoms with Crippen molar-refractivity contribution >= 4 is 46.1 Å². The Kier molecular flexibility index (Phi) is 6.59. The van der Waals surface area contributed by atoms with Crippen LogP contribution in [0.3, 0.4) is 0 Å².